The summed E-state index contributed by atoms with van der Waals surface area (Å²) in [7, 11) is -4.22. The number of rotatable bonds is 11. The van der Waals surface area contributed by atoms with E-state index in [1.807, 2.05) is 24.3 Å². The molecule has 0 spiro atoms. The molecule has 0 heterocycles. The fourth-order valence-corrected chi connectivity index (χ4v) is 2.85. The highest BCUT2D eigenvalue weighted by Gasteiger charge is 2.37. The summed E-state index contributed by atoms with van der Waals surface area (Å²) in [5, 5.41) is -1.19. The van der Waals surface area contributed by atoms with Crippen molar-refractivity contribution in [3.63, 3.8) is 0 Å². The van der Waals surface area contributed by atoms with Gasteiger partial charge in [-0.05, 0) is 43.7 Å². The van der Waals surface area contributed by atoms with Crippen LogP contribution in [0.5, 0.6) is 0 Å². The lowest BCUT2D eigenvalue weighted by molar-refractivity contribution is -0.119. The molecule has 0 unspecified atom stereocenters. The van der Waals surface area contributed by atoms with Gasteiger partial charge in [0.1, 0.15) is 11.6 Å². The zero-order valence-electron chi connectivity index (χ0n) is 16.2. The molecule has 26 heavy (non-hydrogen) atoms. The van der Waals surface area contributed by atoms with E-state index in [1.165, 1.54) is 13.8 Å². The minimum atomic E-state index is -4.22. The predicted octanol–water partition coefficient (Wildman–Crippen LogP) is 4.08. The molecule has 0 saturated carbocycles. The first-order chi connectivity index (χ1) is 11.9. The first kappa shape index (κ1) is 22.8. The molecule has 0 radical (unpaired) electrons. The Bertz CT molecular complexity index is 655. The van der Waals surface area contributed by atoms with Crippen LogP contribution in [0.3, 0.4) is 0 Å². The molecule has 0 aliphatic carbocycles. The molecule has 1 rings (SSSR count). The number of carbonyl (C=O) groups is 2. The van der Waals surface area contributed by atoms with Crippen molar-refractivity contribution in [2.45, 2.75) is 71.4 Å². The Morgan fingerprint density at radius 3 is 1.77 bits per heavy atom. The summed E-state index contributed by atoms with van der Waals surface area (Å²) in [5.41, 5.74) is 1.79. The third kappa shape index (κ3) is 7.94. The lowest BCUT2D eigenvalue weighted by Gasteiger charge is -2.25. The first-order valence-electron chi connectivity index (χ1n) is 9.07. The maximum absolute atomic E-state index is 12.1. The summed E-state index contributed by atoms with van der Waals surface area (Å²) in [6.07, 6.45) is 2.42. The highest BCUT2D eigenvalue weighted by Crippen LogP contribution is 2.52. The highest BCUT2D eigenvalue weighted by molar-refractivity contribution is 7.53. The molecule has 0 aromatic heterocycles. The Morgan fingerprint density at radius 1 is 0.962 bits per heavy atom. The van der Waals surface area contributed by atoms with E-state index < -0.39 is 12.8 Å². The molecular weight excluding hydrogens is 351 g/mol. The maximum atomic E-state index is 12.1. The zero-order valence-corrected chi connectivity index (χ0v) is 17.1. The summed E-state index contributed by atoms with van der Waals surface area (Å²) in [6.45, 7) is 7.15. The van der Waals surface area contributed by atoms with Gasteiger partial charge in [0.05, 0.1) is 5.16 Å². The van der Waals surface area contributed by atoms with E-state index in [0.29, 0.717) is 18.8 Å². The molecule has 0 fully saturated rings. The van der Waals surface area contributed by atoms with Crippen LogP contribution >= 0.6 is 7.60 Å². The van der Waals surface area contributed by atoms with Gasteiger partial charge in [-0.25, -0.2) is 0 Å². The largest absolute Gasteiger partial charge is 0.331 e. The van der Waals surface area contributed by atoms with E-state index >= 15 is 0 Å². The second-order valence-electron chi connectivity index (χ2n) is 8.04. The predicted molar refractivity (Wildman–Crippen MR) is 103 cm³/mol. The van der Waals surface area contributed by atoms with E-state index in [2.05, 4.69) is 13.8 Å². The highest BCUT2D eigenvalue weighted by atomic mass is 31.2. The lowest BCUT2D eigenvalue weighted by atomic mass is 9.98. The molecular formula is C20H31O5P. The van der Waals surface area contributed by atoms with Crippen molar-refractivity contribution in [2.24, 2.45) is 5.92 Å². The molecule has 6 heteroatoms. The van der Waals surface area contributed by atoms with Gasteiger partial charge in [0, 0.05) is 25.7 Å². The van der Waals surface area contributed by atoms with Crippen molar-refractivity contribution < 1.29 is 23.9 Å². The average Bonchev–Trinajstić information content (AvgIpc) is 2.52. The van der Waals surface area contributed by atoms with Crippen LogP contribution in [0.25, 0.3) is 0 Å². The molecule has 0 saturated heterocycles. The van der Waals surface area contributed by atoms with Crippen LogP contribution in [0.1, 0.15) is 64.5 Å². The summed E-state index contributed by atoms with van der Waals surface area (Å²) in [6, 6.07) is 7.43. The first-order valence-corrected chi connectivity index (χ1v) is 10.7. The Labute approximate surface area is 156 Å². The lowest BCUT2D eigenvalue weighted by Crippen LogP contribution is -2.21. The molecule has 1 aromatic rings. The molecule has 146 valence electrons. The van der Waals surface area contributed by atoms with Gasteiger partial charge in [-0.3, -0.25) is 14.2 Å². The topological polar surface area (TPSA) is 91.7 Å². The molecule has 0 aliphatic heterocycles. The molecule has 0 amide bonds. The molecule has 1 aromatic carbocycles. The van der Waals surface area contributed by atoms with Crippen LogP contribution in [-0.2, 0) is 27.0 Å². The van der Waals surface area contributed by atoms with Crippen molar-refractivity contribution in [1.29, 1.82) is 0 Å². The molecule has 0 atom stereocenters. The van der Waals surface area contributed by atoms with Gasteiger partial charge in [-0.1, -0.05) is 38.1 Å². The van der Waals surface area contributed by atoms with Gasteiger partial charge in [0.15, 0.2) is 0 Å². The van der Waals surface area contributed by atoms with E-state index in [0.717, 1.165) is 17.5 Å². The van der Waals surface area contributed by atoms with Gasteiger partial charge in [0.25, 0.3) is 0 Å². The molecule has 2 N–H and O–H groups in total. The summed E-state index contributed by atoms with van der Waals surface area (Å²) >= 11 is 0. The normalized spacial score (nSPS) is 12.4. The molecule has 5 nitrogen and oxygen atoms in total. The van der Waals surface area contributed by atoms with Crippen LogP contribution < -0.4 is 0 Å². The van der Waals surface area contributed by atoms with Gasteiger partial charge < -0.3 is 9.79 Å². The van der Waals surface area contributed by atoms with Crippen LogP contribution in [0.2, 0.25) is 0 Å². The Balaban J connectivity index is 2.50. The minimum Gasteiger partial charge on any atom is -0.324 e. The van der Waals surface area contributed by atoms with Gasteiger partial charge in [0.2, 0.25) is 0 Å². The minimum absolute atomic E-state index is 0.0488. The van der Waals surface area contributed by atoms with Crippen LogP contribution in [-0.4, -0.2) is 26.5 Å². The average molecular weight is 382 g/mol. The van der Waals surface area contributed by atoms with Crippen LogP contribution in [0.15, 0.2) is 24.3 Å². The quantitative estimate of drug-likeness (QED) is 0.563. The van der Waals surface area contributed by atoms with Crippen molar-refractivity contribution >= 4 is 19.2 Å². The number of hydrogen-bond acceptors (Lipinski definition) is 3. The third-order valence-corrected chi connectivity index (χ3v) is 6.43. The second kappa shape index (κ2) is 9.59. The van der Waals surface area contributed by atoms with Gasteiger partial charge in [-0.2, -0.15) is 0 Å². The van der Waals surface area contributed by atoms with Crippen molar-refractivity contribution in [3.8, 4) is 0 Å². The second-order valence-corrected chi connectivity index (χ2v) is 10.3. The fourth-order valence-electron chi connectivity index (χ4n) is 2.45. The number of hydrogen-bond donors (Lipinski definition) is 2. The van der Waals surface area contributed by atoms with Gasteiger partial charge >= 0.3 is 7.60 Å². The van der Waals surface area contributed by atoms with Crippen molar-refractivity contribution in [1.82, 2.24) is 0 Å². The van der Waals surface area contributed by atoms with E-state index in [-0.39, 0.29) is 30.8 Å². The van der Waals surface area contributed by atoms with Crippen LogP contribution in [0.4, 0.5) is 0 Å². The number of benzene rings is 1. The Hall–Kier alpha value is -1.29. The van der Waals surface area contributed by atoms with Crippen molar-refractivity contribution in [3.05, 3.63) is 35.4 Å². The Kier molecular flexibility index (Phi) is 8.39. The molecule has 0 bridgehead atoms. The number of Topliss-reactive ketones (excluding diaryl/α,β-unsaturated/α-hetero) is 2. The third-order valence-electron chi connectivity index (χ3n) is 4.63. The maximum Gasteiger partial charge on any atom is 0.331 e. The van der Waals surface area contributed by atoms with Gasteiger partial charge in [-0.15, -0.1) is 0 Å². The van der Waals surface area contributed by atoms with E-state index in [4.69, 9.17) is 0 Å². The van der Waals surface area contributed by atoms with Crippen molar-refractivity contribution in [2.75, 3.05) is 0 Å². The summed E-state index contributed by atoms with van der Waals surface area (Å²) in [5.74, 6) is 0.692. The SMILES string of the molecule is CC(C)CCC(=O)Cc1ccc(CC(=O)CCC(C)(C)P(=O)(O)O)cc1. The van der Waals surface area contributed by atoms with E-state index in [9.17, 15) is 23.9 Å². The summed E-state index contributed by atoms with van der Waals surface area (Å²) < 4.78 is 11.4. The van der Waals surface area contributed by atoms with E-state index in [1.54, 1.807) is 0 Å². The smallest absolute Gasteiger partial charge is 0.324 e. The monoisotopic (exact) mass is 382 g/mol. The standard InChI is InChI=1S/C20H31O5P/c1-15(2)5-10-18(21)13-16-6-8-17(9-7-16)14-19(22)11-12-20(3,4)26(23,24)25/h6-9,15H,5,10-14H2,1-4H3,(H2,23,24,25). The fraction of sp³-hybridized carbons (Fsp3) is 0.600. The summed E-state index contributed by atoms with van der Waals surface area (Å²) in [4.78, 5) is 42.6. The molecule has 0 aliphatic rings. The zero-order chi connectivity index (χ0) is 20.0. The Morgan fingerprint density at radius 2 is 1.38 bits per heavy atom. The van der Waals surface area contributed by atoms with Crippen LogP contribution in [0, 0.1) is 5.92 Å². The number of carbonyl (C=O) groups excluding carboxylic acids is 2. The number of ketones is 2.